The van der Waals surface area contributed by atoms with E-state index in [1.165, 1.54) is 11.4 Å². The third-order valence-electron chi connectivity index (χ3n) is 3.19. The number of hydrogen-bond acceptors (Lipinski definition) is 4. The average Bonchev–Trinajstić information content (AvgIpc) is 2.93. The van der Waals surface area contributed by atoms with Crippen LogP contribution >= 0.6 is 0 Å². The number of nitrogens with two attached hydrogens (primary N) is 1. The van der Waals surface area contributed by atoms with Crippen LogP contribution in [-0.4, -0.2) is 32.9 Å². The summed E-state index contributed by atoms with van der Waals surface area (Å²) in [7, 11) is -2.03. The van der Waals surface area contributed by atoms with Crippen molar-refractivity contribution in [1.82, 2.24) is 4.31 Å². The zero-order chi connectivity index (χ0) is 13.9. The lowest BCUT2D eigenvalue weighted by molar-refractivity contribution is 0.416. The Hall–Kier alpha value is -1.31. The zero-order valence-electron chi connectivity index (χ0n) is 10.9. The van der Waals surface area contributed by atoms with Crippen molar-refractivity contribution in [2.75, 3.05) is 24.9 Å². The molecule has 106 valence electrons. The normalized spacial score (nSPS) is 16.5. The fourth-order valence-corrected chi connectivity index (χ4v) is 3.51. The van der Waals surface area contributed by atoms with Crippen LogP contribution in [0.4, 0.5) is 5.69 Å². The monoisotopic (exact) mass is 285 g/mol. The van der Waals surface area contributed by atoms with E-state index >= 15 is 0 Å². The number of rotatable bonds is 5. The first-order chi connectivity index (χ1) is 9.08. The van der Waals surface area contributed by atoms with E-state index in [-0.39, 0.29) is 6.54 Å². The van der Waals surface area contributed by atoms with Crippen LogP contribution in [0, 0.1) is 0 Å². The molecule has 1 fully saturated rings. The standard InChI is InChI=1S/C12H19N3O3S/c1-18-11-6-4-5-10(9-13)12(11)14-19(16,17)15-7-2-3-8-15/h4-6,14H,2-3,7-9,13H2,1H3. The fourth-order valence-electron chi connectivity index (χ4n) is 2.15. The molecule has 0 saturated carbocycles. The van der Waals surface area contributed by atoms with Crippen LogP contribution in [0.15, 0.2) is 18.2 Å². The molecule has 0 spiro atoms. The number of ether oxygens (including phenoxy) is 1. The van der Waals surface area contributed by atoms with Gasteiger partial charge in [0, 0.05) is 19.6 Å². The Morgan fingerprint density at radius 3 is 2.63 bits per heavy atom. The summed E-state index contributed by atoms with van der Waals surface area (Å²) < 4.78 is 33.7. The highest BCUT2D eigenvalue weighted by molar-refractivity contribution is 7.90. The number of para-hydroxylation sites is 1. The highest BCUT2D eigenvalue weighted by Gasteiger charge is 2.26. The second kappa shape index (κ2) is 5.77. The molecule has 0 radical (unpaired) electrons. The second-order valence-electron chi connectivity index (χ2n) is 4.41. The third kappa shape index (κ3) is 2.99. The van der Waals surface area contributed by atoms with Crippen molar-refractivity contribution in [3.05, 3.63) is 23.8 Å². The lowest BCUT2D eigenvalue weighted by Gasteiger charge is -2.20. The largest absolute Gasteiger partial charge is 0.495 e. The maximum Gasteiger partial charge on any atom is 0.301 e. The number of methoxy groups -OCH3 is 1. The van der Waals surface area contributed by atoms with E-state index < -0.39 is 10.2 Å². The van der Waals surface area contributed by atoms with Gasteiger partial charge in [0.15, 0.2) is 0 Å². The molecule has 0 aliphatic carbocycles. The quantitative estimate of drug-likeness (QED) is 0.842. The van der Waals surface area contributed by atoms with E-state index in [4.69, 9.17) is 10.5 Å². The van der Waals surface area contributed by atoms with Crippen molar-refractivity contribution in [2.45, 2.75) is 19.4 Å². The minimum Gasteiger partial charge on any atom is -0.495 e. The Morgan fingerprint density at radius 2 is 2.05 bits per heavy atom. The molecule has 1 aromatic rings. The molecule has 1 heterocycles. The summed E-state index contributed by atoms with van der Waals surface area (Å²) in [6.45, 7) is 1.36. The summed E-state index contributed by atoms with van der Waals surface area (Å²) in [5.74, 6) is 0.478. The Labute approximate surface area is 113 Å². The van der Waals surface area contributed by atoms with Gasteiger partial charge < -0.3 is 10.5 Å². The smallest absolute Gasteiger partial charge is 0.301 e. The van der Waals surface area contributed by atoms with Gasteiger partial charge in [-0.2, -0.15) is 12.7 Å². The molecule has 19 heavy (non-hydrogen) atoms. The number of anilines is 1. The summed E-state index contributed by atoms with van der Waals surface area (Å²) in [4.78, 5) is 0. The van der Waals surface area contributed by atoms with Gasteiger partial charge in [-0.25, -0.2) is 0 Å². The molecule has 7 heteroatoms. The van der Waals surface area contributed by atoms with Gasteiger partial charge >= 0.3 is 10.2 Å². The van der Waals surface area contributed by atoms with Crippen molar-refractivity contribution >= 4 is 15.9 Å². The van der Waals surface area contributed by atoms with Gasteiger partial charge in [-0.15, -0.1) is 0 Å². The van der Waals surface area contributed by atoms with Crippen molar-refractivity contribution < 1.29 is 13.2 Å². The van der Waals surface area contributed by atoms with Gasteiger partial charge in [-0.3, -0.25) is 4.72 Å². The van der Waals surface area contributed by atoms with Crippen molar-refractivity contribution in [1.29, 1.82) is 0 Å². The highest BCUT2D eigenvalue weighted by atomic mass is 32.2. The van der Waals surface area contributed by atoms with Crippen LogP contribution in [0.2, 0.25) is 0 Å². The first-order valence-corrected chi connectivity index (χ1v) is 7.66. The Kier molecular flexibility index (Phi) is 4.28. The van der Waals surface area contributed by atoms with E-state index in [1.807, 2.05) is 0 Å². The molecular formula is C12H19N3O3S. The lowest BCUT2D eigenvalue weighted by Crippen LogP contribution is -2.33. The Bertz CT molecular complexity index is 517. The molecule has 6 nitrogen and oxygen atoms in total. The Morgan fingerprint density at radius 1 is 1.37 bits per heavy atom. The van der Waals surface area contributed by atoms with Crippen LogP contribution in [0.25, 0.3) is 0 Å². The van der Waals surface area contributed by atoms with Gasteiger partial charge in [-0.05, 0) is 24.5 Å². The van der Waals surface area contributed by atoms with E-state index in [2.05, 4.69) is 4.72 Å². The first-order valence-electron chi connectivity index (χ1n) is 6.22. The number of nitrogens with one attached hydrogen (secondary N) is 1. The van der Waals surface area contributed by atoms with Gasteiger partial charge in [0.1, 0.15) is 5.75 Å². The molecule has 0 unspecified atom stereocenters. The number of benzene rings is 1. The van der Waals surface area contributed by atoms with Gasteiger partial charge in [0.05, 0.1) is 12.8 Å². The summed E-state index contributed by atoms with van der Waals surface area (Å²) in [5, 5.41) is 0. The molecule has 0 amide bonds. The first kappa shape index (κ1) is 14.1. The van der Waals surface area contributed by atoms with Gasteiger partial charge in [-0.1, -0.05) is 12.1 Å². The molecule has 2 rings (SSSR count). The maximum absolute atomic E-state index is 12.3. The summed E-state index contributed by atoms with van der Waals surface area (Å²) in [6.07, 6.45) is 1.80. The molecule has 1 aliphatic heterocycles. The van der Waals surface area contributed by atoms with Gasteiger partial charge in [0.25, 0.3) is 0 Å². The molecule has 1 aliphatic rings. The van der Waals surface area contributed by atoms with Crippen LogP contribution in [-0.2, 0) is 16.8 Å². The van der Waals surface area contributed by atoms with E-state index in [0.29, 0.717) is 30.1 Å². The van der Waals surface area contributed by atoms with Gasteiger partial charge in [0.2, 0.25) is 0 Å². The van der Waals surface area contributed by atoms with Crippen LogP contribution < -0.4 is 15.2 Å². The molecule has 3 N–H and O–H groups in total. The highest BCUT2D eigenvalue weighted by Crippen LogP contribution is 2.30. The minimum absolute atomic E-state index is 0.245. The van der Waals surface area contributed by atoms with Crippen molar-refractivity contribution in [3.8, 4) is 5.75 Å². The third-order valence-corrected chi connectivity index (χ3v) is 4.70. The molecule has 1 aromatic carbocycles. The summed E-state index contributed by atoms with van der Waals surface area (Å²) >= 11 is 0. The van der Waals surface area contributed by atoms with Crippen LogP contribution in [0.3, 0.4) is 0 Å². The van der Waals surface area contributed by atoms with Crippen molar-refractivity contribution in [3.63, 3.8) is 0 Å². The molecule has 0 bridgehead atoms. The van der Waals surface area contributed by atoms with Crippen LogP contribution in [0.1, 0.15) is 18.4 Å². The van der Waals surface area contributed by atoms with Crippen molar-refractivity contribution in [2.24, 2.45) is 5.73 Å². The number of hydrogen-bond donors (Lipinski definition) is 2. The summed E-state index contributed by atoms with van der Waals surface area (Å²) in [6, 6.07) is 5.28. The average molecular weight is 285 g/mol. The number of nitrogens with zero attached hydrogens (tertiary/aromatic N) is 1. The van der Waals surface area contributed by atoms with E-state index in [1.54, 1.807) is 18.2 Å². The topological polar surface area (TPSA) is 84.7 Å². The molecule has 0 aromatic heterocycles. The van der Waals surface area contributed by atoms with E-state index in [9.17, 15) is 8.42 Å². The molecule has 1 saturated heterocycles. The summed E-state index contributed by atoms with van der Waals surface area (Å²) in [5.41, 5.74) is 6.78. The maximum atomic E-state index is 12.3. The molecular weight excluding hydrogens is 266 g/mol. The van der Waals surface area contributed by atoms with E-state index in [0.717, 1.165) is 12.8 Å². The van der Waals surface area contributed by atoms with Crippen LogP contribution in [0.5, 0.6) is 5.75 Å². The zero-order valence-corrected chi connectivity index (χ0v) is 11.7. The fraction of sp³-hybridized carbons (Fsp3) is 0.500. The lowest BCUT2D eigenvalue weighted by atomic mass is 10.1. The Balaban J connectivity index is 2.31. The SMILES string of the molecule is COc1cccc(CN)c1NS(=O)(=O)N1CCCC1. The second-order valence-corrected chi connectivity index (χ2v) is 6.08. The predicted molar refractivity (Wildman–Crippen MR) is 74.2 cm³/mol. The minimum atomic E-state index is -3.53. The predicted octanol–water partition coefficient (Wildman–Crippen LogP) is 0.906. The molecule has 0 atom stereocenters.